The van der Waals surface area contributed by atoms with E-state index in [4.69, 9.17) is 0 Å². The van der Waals surface area contributed by atoms with E-state index in [1.165, 1.54) is 25.0 Å². The number of aryl methyl sites for hydroxylation is 1. The van der Waals surface area contributed by atoms with Crippen LogP contribution >= 0.6 is 0 Å². The number of hydrogen-bond acceptors (Lipinski definition) is 4. The van der Waals surface area contributed by atoms with Crippen LogP contribution in [0.2, 0.25) is 0 Å². The molecular formula is C15H17FN4. The fourth-order valence-electron chi connectivity index (χ4n) is 1.94. The zero-order valence-electron chi connectivity index (χ0n) is 11.4. The minimum atomic E-state index is -0.283. The summed E-state index contributed by atoms with van der Waals surface area (Å²) in [7, 11) is 0. The molecule has 3 rings (SSSR count). The third-order valence-corrected chi connectivity index (χ3v) is 3.31. The summed E-state index contributed by atoms with van der Waals surface area (Å²) in [4.78, 5) is 8.66. The van der Waals surface area contributed by atoms with Gasteiger partial charge in [0, 0.05) is 24.0 Å². The number of nitrogens with zero attached hydrogens (tertiary/aromatic N) is 2. The Labute approximate surface area is 117 Å². The van der Waals surface area contributed by atoms with Crippen molar-refractivity contribution in [2.45, 2.75) is 19.8 Å². The Balaban J connectivity index is 1.73. The number of anilines is 3. The fourth-order valence-corrected chi connectivity index (χ4v) is 1.94. The zero-order chi connectivity index (χ0) is 13.9. The standard InChI is InChI=1S/C15H17FN4/c1-10-8-18-15(19-13-4-2-3-12(16)7-13)20-14(10)17-9-11-5-6-11/h2-4,7-8,11H,5-6,9H2,1H3,(H2,17,18,19,20). The van der Waals surface area contributed by atoms with Crippen molar-refractivity contribution in [3.05, 3.63) is 41.8 Å². The average Bonchev–Trinajstić information content (AvgIpc) is 3.23. The third-order valence-electron chi connectivity index (χ3n) is 3.31. The Morgan fingerprint density at radius 3 is 2.95 bits per heavy atom. The van der Waals surface area contributed by atoms with Crippen LogP contribution in [0.25, 0.3) is 0 Å². The van der Waals surface area contributed by atoms with E-state index < -0.39 is 0 Å². The molecule has 0 saturated heterocycles. The minimum absolute atomic E-state index is 0.283. The number of aromatic nitrogens is 2. The molecule has 0 spiro atoms. The van der Waals surface area contributed by atoms with Crippen molar-refractivity contribution in [2.75, 3.05) is 17.2 Å². The molecule has 104 valence electrons. The highest BCUT2D eigenvalue weighted by molar-refractivity contribution is 5.55. The lowest BCUT2D eigenvalue weighted by Gasteiger charge is -2.10. The van der Waals surface area contributed by atoms with E-state index in [-0.39, 0.29) is 5.82 Å². The second kappa shape index (κ2) is 5.45. The van der Waals surface area contributed by atoms with Crippen molar-refractivity contribution in [2.24, 2.45) is 5.92 Å². The molecule has 1 aliphatic rings. The third kappa shape index (κ3) is 3.23. The lowest BCUT2D eigenvalue weighted by atomic mass is 10.3. The predicted octanol–water partition coefficient (Wildman–Crippen LogP) is 3.49. The number of nitrogens with one attached hydrogen (secondary N) is 2. The van der Waals surface area contributed by atoms with Crippen LogP contribution in [0.15, 0.2) is 30.5 Å². The van der Waals surface area contributed by atoms with E-state index in [0.29, 0.717) is 11.6 Å². The van der Waals surface area contributed by atoms with Crippen molar-refractivity contribution >= 4 is 17.5 Å². The van der Waals surface area contributed by atoms with Gasteiger partial charge in [0.1, 0.15) is 11.6 Å². The van der Waals surface area contributed by atoms with Crippen LogP contribution in [0.5, 0.6) is 0 Å². The first-order valence-electron chi connectivity index (χ1n) is 6.81. The molecule has 0 atom stereocenters. The molecule has 0 aliphatic heterocycles. The van der Waals surface area contributed by atoms with Crippen LogP contribution in [-0.2, 0) is 0 Å². The van der Waals surface area contributed by atoms with E-state index in [2.05, 4.69) is 20.6 Å². The lowest BCUT2D eigenvalue weighted by molar-refractivity contribution is 0.628. The fraction of sp³-hybridized carbons (Fsp3) is 0.333. The number of benzene rings is 1. The van der Waals surface area contributed by atoms with Gasteiger partial charge in [0.2, 0.25) is 5.95 Å². The van der Waals surface area contributed by atoms with Gasteiger partial charge in [-0.15, -0.1) is 0 Å². The monoisotopic (exact) mass is 272 g/mol. The van der Waals surface area contributed by atoms with Gasteiger partial charge in [0.25, 0.3) is 0 Å². The Morgan fingerprint density at radius 1 is 1.35 bits per heavy atom. The van der Waals surface area contributed by atoms with Crippen LogP contribution in [0.3, 0.4) is 0 Å². The second-order valence-electron chi connectivity index (χ2n) is 5.18. The molecule has 0 bridgehead atoms. The normalized spacial score (nSPS) is 14.1. The van der Waals surface area contributed by atoms with Crippen molar-refractivity contribution in [3.63, 3.8) is 0 Å². The van der Waals surface area contributed by atoms with Crippen molar-refractivity contribution < 1.29 is 4.39 Å². The van der Waals surface area contributed by atoms with Gasteiger partial charge in [-0.25, -0.2) is 9.37 Å². The summed E-state index contributed by atoms with van der Waals surface area (Å²) in [5.74, 6) is 1.81. The predicted molar refractivity (Wildman–Crippen MR) is 77.7 cm³/mol. The van der Waals surface area contributed by atoms with E-state index in [9.17, 15) is 4.39 Å². The first-order chi connectivity index (χ1) is 9.70. The van der Waals surface area contributed by atoms with Crippen molar-refractivity contribution in [1.82, 2.24) is 9.97 Å². The van der Waals surface area contributed by atoms with E-state index in [1.54, 1.807) is 18.3 Å². The highest BCUT2D eigenvalue weighted by atomic mass is 19.1. The maximum Gasteiger partial charge on any atom is 0.229 e. The molecule has 0 unspecified atom stereocenters. The molecule has 5 heteroatoms. The van der Waals surface area contributed by atoms with E-state index in [0.717, 1.165) is 23.8 Å². The van der Waals surface area contributed by atoms with Crippen LogP contribution in [0.1, 0.15) is 18.4 Å². The first-order valence-corrected chi connectivity index (χ1v) is 6.81. The molecule has 1 fully saturated rings. The quantitative estimate of drug-likeness (QED) is 0.874. The molecule has 1 aliphatic carbocycles. The SMILES string of the molecule is Cc1cnc(Nc2cccc(F)c2)nc1NCC1CC1. The summed E-state index contributed by atoms with van der Waals surface area (Å²) in [6, 6.07) is 6.26. The van der Waals surface area contributed by atoms with Crippen molar-refractivity contribution in [3.8, 4) is 0 Å². The first kappa shape index (κ1) is 12.8. The maximum absolute atomic E-state index is 13.1. The molecule has 1 heterocycles. The Kier molecular flexibility index (Phi) is 3.50. The molecule has 0 amide bonds. The molecule has 2 aromatic rings. The molecule has 2 N–H and O–H groups in total. The summed E-state index contributed by atoms with van der Waals surface area (Å²) in [5, 5.41) is 6.36. The van der Waals surface area contributed by atoms with Crippen molar-refractivity contribution in [1.29, 1.82) is 0 Å². The Bertz CT molecular complexity index is 611. The van der Waals surface area contributed by atoms with Gasteiger partial charge in [-0.2, -0.15) is 4.98 Å². The van der Waals surface area contributed by atoms with Gasteiger partial charge in [0.05, 0.1) is 0 Å². The molecule has 4 nitrogen and oxygen atoms in total. The highest BCUT2D eigenvalue weighted by Crippen LogP contribution is 2.29. The second-order valence-corrected chi connectivity index (χ2v) is 5.18. The molecular weight excluding hydrogens is 255 g/mol. The van der Waals surface area contributed by atoms with Crippen LogP contribution in [0.4, 0.5) is 21.8 Å². The largest absolute Gasteiger partial charge is 0.369 e. The summed E-state index contributed by atoms with van der Waals surface area (Å²) in [6.07, 6.45) is 4.36. The van der Waals surface area contributed by atoms with Gasteiger partial charge >= 0.3 is 0 Å². The van der Waals surface area contributed by atoms with Gasteiger partial charge in [-0.05, 0) is 43.9 Å². The van der Waals surface area contributed by atoms with Gasteiger partial charge in [-0.3, -0.25) is 0 Å². The average molecular weight is 272 g/mol. The molecule has 20 heavy (non-hydrogen) atoms. The highest BCUT2D eigenvalue weighted by Gasteiger charge is 2.21. The minimum Gasteiger partial charge on any atom is -0.369 e. The summed E-state index contributed by atoms with van der Waals surface area (Å²) in [6.45, 7) is 2.93. The van der Waals surface area contributed by atoms with E-state index >= 15 is 0 Å². The summed E-state index contributed by atoms with van der Waals surface area (Å²) < 4.78 is 13.1. The van der Waals surface area contributed by atoms with Crippen LogP contribution in [0, 0.1) is 18.7 Å². The van der Waals surface area contributed by atoms with Crippen LogP contribution in [-0.4, -0.2) is 16.5 Å². The molecule has 1 aromatic carbocycles. The Hall–Kier alpha value is -2.17. The summed E-state index contributed by atoms with van der Waals surface area (Å²) >= 11 is 0. The number of hydrogen-bond donors (Lipinski definition) is 2. The number of rotatable bonds is 5. The lowest BCUT2D eigenvalue weighted by Crippen LogP contribution is -2.08. The summed E-state index contributed by atoms with van der Waals surface area (Å²) in [5.41, 5.74) is 1.65. The smallest absolute Gasteiger partial charge is 0.229 e. The molecule has 1 saturated carbocycles. The maximum atomic E-state index is 13.1. The van der Waals surface area contributed by atoms with Gasteiger partial charge in [0.15, 0.2) is 0 Å². The molecule has 1 aromatic heterocycles. The van der Waals surface area contributed by atoms with Gasteiger partial charge < -0.3 is 10.6 Å². The number of halogens is 1. The zero-order valence-corrected chi connectivity index (χ0v) is 11.4. The van der Waals surface area contributed by atoms with Crippen LogP contribution < -0.4 is 10.6 Å². The topological polar surface area (TPSA) is 49.8 Å². The Morgan fingerprint density at radius 2 is 2.20 bits per heavy atom. The molecule has 0 radical (unpaired) electrons. The van der Waals surface area contributed by atoms with E-state index in [1.807, 2.05) is 6.92 Å². The van der Waals surface area contributed by atoms with Gasteiger partial charge in [-0.1, -0.05) is 6.07 Å².